The van der Waals surface area contributed by atoms with Crippen molar-refractivity contribution in [1.82, 2.24) is 0 Å². The van der Waals surface area contributed by atoms with Gasteiger partial charge in [-0.05, 0) is 65.0 Å². The third kappa shape index (κ3) is 4.87. The second-order valence-corrected chi connectivity index (χ2v) is 11.0. The number of benzene rings is 1. The fourth-order valence-corrected chi connectivity index (χ4v) is 4.40. The Kier molecular flexibility index (Phi) is 5.68. The molecule has 27 heavy (non-hydrogen) atoms. The molecule has 0 atom stereocenters. The zero-order chi connectivity index (χ0) is 19.9. The minimum atomic E-state index is -3.13. The lowest BCUT2D eigenvalue weighted by molar-refractivity contribution is 0.00578. The van der Waals surface area contributed by atoms with Crippen LogP contribution in [0.25, 0.3) is 0 Å². The van der Waals surface area contributed by atoms with Crippen LogP contribution < -0.4 is 10.2 Å². The average molecular weight is 394 g/mol. The second kappa shape index (κ2) is 7.41. The van der Waals surface area contributed by atoms with Crippen molar-refractivity contribution in [2.75, 3.05) is 6.26 Å². The van der Waals surface area contributed by atoms with Gasteiger partial charge < -0.3 is 14.0 Å². The summed E-state index contributed by atoms with van der Waals surface area (Å²) in [5.74, 6) is 0.723. The minimum Gasteiger partial charge on any atom is -0.491 e. The summed E-state index contributed by atoms with van der Waals surface area (Å²) in [5, 5.41) is 0. The Bertz CT molecular complexity index is 766. The maximum atomic E-state index is 11.7. The SMILES string of the molecule is CC1(C)OB(c2cc(CS(C)(=O)=O)ccc2OC2CCCCC2)OC1(C)C. The lowest BCUT2D eigenvalue weighted by Gasteiger charge is -2.32. The molecule has 0 amide bonds. The molecule has 0 bridgehead atoms. The van der Waals surface area contributed by atoms with Gasteiger partial charge in [0.05, 0.1) is 23.1 Å². The summed E-state index contributed by atoms with van der Waals surface area (Å²) in [6.07, 6.45) is 7.17. The van der Waals surface area contributed by atoms with Gasteiger partial charge in [0.25, 0.3) is 0 Å². The maximum Gasteiger partial charge on any atom is 0.498 e. The molecular weight excluding hydrogens is 363 g/mol. The van der Waals surface area contributed by atoms with Gasteiger partial charge in [-0.1, -0.05) is 18.6 Å². The van der Waals surface area contributed by atoms with E-state index in [0.717, 1.165) is 29.6 Å². The summed E-state index contributed by atoms with van der Waals surface area (Å²) in [5.41, 5.74) is 0.567. The topological polar surface area (TPSA) is 61.8 Å². The number of ether oxygens (including phenoxy) is 1. The molecule has 1 heterocycles. The van der Waals surface area contributed by atoms with Crippen molar-refractivity contribution in [2.24, 2.45) is 0 Å². The first-order valence-electron chi connectivity index (χ1n) is 9.80. The average Bonchev–Trinajstić information content (AvgIpc) is 2.76. The van der Waals surface area contributed by atoms with E-state index in [9.17, 15) is 8.42 Å². The highest BCUT2D eigenvalue weighted by atomic mass is 32.2. The van der Waals surface area contributed by atoms with Gasteiger partial charge >= 0.3 is 7.12 Å². The van der Waals surface area contributed by atoms with Crippen LogP contribution in [0.4, 0.5) is 0 Å². The van der Waals surface area contributed by atoms with Crippen LogP contribution in [0.1, 0.15) is 65.4 Å². The number of sulfone groups is 1. The van der Waals surface area contributed by atoms with E-state index < -0.39 is 28.2 Å². The molecule has 3 rings (SSSR count). The second-order valence-electron chi connectivity index (χ2n) is 8.91. The van der Waals surface area contributed by atoms with Crippen LogP contribution in [0.3, 0.4) is 0 Å². The molecule has 1 aromatic carbocycles. The molecule has 150 valence electrons. The Labute approximate surface area is 163 Å². The predicted molar refractivity (Wildman–Crippen MR) is 108 cm³/mol. The molecule has 2 aliphatic rings. The first-order chi connectivity index (χ1) is 12.5. The van der Waals surface area contributed by atoms with Gasteiger partial charge in [0.1, 0.15) is 5.75 Å². The van der Waals surface area contributed by atoms with Gasteiger partial charge in [-0.2, -0.15) is 0 Å². The fourth-order valence-electron chi connectivity index (χ4n) is 3.61. The van der Waals surface area contributed by atoms with E-state index >= 15 is 0 Å². The monoisotopic (exact) mass is 394 g/mol. The van der Waals surface area contributed by atoms with Crippen LogP contribution in [-0.4, -0.2) is 39.1 Å². The van der Waals surface area contributed by atoms with Crippen LogP contribution in [0.2, 0.25) is 0 Å². The molecule has 0 aromatic heterocycles. The van der Waals surface area contributed by atoms with E-state index in [1.807, 2.05) is 45.9 Å². The lowest BCUT2D eigenvalue weighted by Crippen LogP contribution is -2.41. The molecule has 7 heteroatoms. The van der Waals surface area contributed by atoms with Crippen LogP contribution >= 0.6 is 0 Å². The highest BCUT2D eigenvalue weighted by molar-refractivity contribution is 7.89. The summed E-state index contributed by atoms with van der Waals surface area (Å²) in [7, 11) is -3.70. The molecule has 1 saturated carbocycles. The van der Waals surface area contributed by atoms with E-state index in [-0.39, 0.29) is 11.9 Å². The van der Waals surface area contributed by atoms with Gasteiger partial charge in [-0.15, -0.1) is 0 Å². The van der Waals surface area contributed by atoms with E-state index in [4.69, 9.17) is 14.0 Å². The van der Waals surface area contributed by atoms with E-state index in [2.05, 4.69) is 0 Å². The minimum absolute atomic E-state index is 0.0107. The molecular formula is C20H31BO5S. The molecule has 1 aliphatic heterocycles. The van der Waals surface area contributed by atoms with E-state index in [1.165, 1.54) is 25.5 Å². The molecule has 1 saturated heterocycles. The number of hydrogen-bond acceptors (Lipinski definition) is 5. The Hall–Kier alpha value is -1.05. The molecule has 2 fully saturated rings. The Morgan fingerprint density at radius 2 is 1.67 bits per heavy atom. The molecule has 1 aliphatic carbocycles. The molecule has 0 N–H and O–H groups in total. The summed E-state index contributed by atoms with van der Waals surface area (Å²) in [6.45, 7) is 8.04. The largest absolute Gasteiger partial charge is 0.498 e. The van der Waals surface area contributed by atoms with Gasteiger partial charge in [-0.3, -0.25) is 0 Å². The van der Waals surface area contributed by atoms with Crippen molar-refractivity contribution in [2.45, 2.75) is 82.9 Å². The van der Waals surface area contributed by atoms with Crippen LogP contribution in [0.15, 0.2) is 18.2 Å². The van der Waals surface area contributed by atoms with Crippen molar-refractivity contribution >= 4 is 22.4 Å². The first-order valence-corrected chi connectivity index (χ1v) is 11.9. The van der Waals surface area contributed by atoms with E-state index in [1.54, 1.807) is 0 Å². The Morgan fingerprint density at radius 1 is 1.07 bits per heavy atom. The summed E-state index contributed by atoms with van der Waals surface area (Å²) in [4.78, 5) is 0. The highest BCUT2D eigenvalue weighted by Crippen LogP contribution is 2.37. The third-order valence-electron chi connectivity index (χ3n) is 5.86. The predicted octanol–water partition coefficient (Wildman–Crippen LogP) is 3.24. The fraction of sp³-hybridized carbons (Fsp3) is 0.700. The van der Waals surface area contributed by atoms with Crippen molar-refractivity contribution < 1.29 is 22.5 Å². The third-order valence-corrected chi connectivity index (χ3v) is 6.71. The van der Waals surface area contributed by atoms with Crippen LogP contribution in [0, 0.1) is 0 Å². The van der Waals surface area contributed by atoms with Crippen molar-refractivity contribution in [3.05, 3.63) is 23.8 Å². The molecule has 0 unspecified atom stereocenters. The Balaban J connectivity index is 1.93. The maximum absolute atomic E-state index is 11.7. The van der Waals surface area contributed by atoms with Crippen LogP contribution in [-0.2, 0) is 24.9 Å². The lowest BCUT2D eigenvalue weighted by atomic mass is 9.77. The number of rotatable bonds is 5. The number of hydrogen-bond donors (Lipinski definition) is 0. The zero-order valence-corrected chi connectivity index (χ0v) is 17.9. The quantitative estimate of drug-likeness (QED) is 0.718. The summed E-state index contributed by atoms with van der Waals surface area (Å²) < 4.78 is 42.2. The normalized spacial score (nSPS) is 22.8. The molecule has 0 spiro atoms. The van der Waals surface area contributed by atoms with Crippen LogP contribution in [0.5, 0.6) is 5.75 Å². The zero-order valence-electron chi connectivity index (χ0n) is 17.1. The molecule has 1 aromatic rings. The standard InChI is InChI=1S/C20H31BO5S/c1-19(2)20(3,4)26-21(25-19)17-13-15(14-27(5,22)23)11-12-18(17)24-16-9-7-6-8-10-16/h11-13,16H,6-10,14H2,1-5H3. The first kappa shape index (κ1) is 20.7. The van der Waals surface area contributed by atoms with Crippen molar-refractivity contribution in [3.63, 3.8) is 0 Å². The van der Waals surface area contributed by atoms with Gasteiger partial charge in [-0.25, -0.2) is 8.42 Å². The van der Waals surface area contributed by atoms with Gasteiger partial charge in [0, 0.05) is 11.7 Å². The van der Waals surface area contributed by atoms with Gasteiger partial charge in [0.2, 0.25) is 0 Å². The van der Waals surface area contributed by atoms with Crippen molar-refractivity contribution in [3.8, 4) is 5.75 Å². The smallest absolute Gasteiger partial charge is 0.491 e. The summed E-state index contributed by atoms with van der Waals surface area (Å²) in [6, 6.07) is 5.56. The molecule has 0 radical (unpaired) electrons. The van der Waals surface area contributed by atoms with E-state index in [0.29, 0.717) is 0 Å². The highest BCUT2D eigenvalue weighted by Gasteiger charge is 2.52. The van der Waals surface area contributed by atoms with Gasteiger partial charge in [0.15, 0.2) is 9.84 Å². The van der Waals surface area contributed by atoms with Crippen molar-refractivity contribution in [1.29, 1.82) is 0 Å². The Morgan fingerprint density at radius 3 is 2.22 bits per heavy atom. The molecule has 5 nitrogen and oxygen atoms in total. The summed E-state index contributed by atoms with van der Waals surface area (Å²) >= 11 is 0.